The third-order valence-corrected chi connectivity index (χ3v) is 4.19. The van der Waals surface area contributed by atoms with E-state index in [0.29, 0.717) is 0 Å². The first-order valence-corrected chi connectivity index (χ1v) is 7.99. The minimum Gasteiger partial charge on any atom is -0.459 e. The zero-order chi connectivity index (χ0) is 18.7. The summed E-state index contributed by atoms with van der Waals surface area (Å²) in [5, 5.41) is 3.70. The van der Waals surface area contributed by atoms with Crippen LogP contribution in [0, 0.1) is 0 Å². The quantitative estimate of drug-likeness (QED) is 0.365. The average Bonchev–Trinajstić information content (AvgIpc) is 2.63. The molecule has 2 heterocycles. The lowest BCUT2D eigenvalue weighted by atomic mass is 9.91. The van der Waals surface area contributed by atoms with E-state index in [1.807, 2.05) is 30.3 Å². The predicted molar refractivity (Wildman–Crippen MR) is 86.4 cm³/mol. The summed E-state index contributed by atoms with van der Waals surface area (Å²) in [5.74, 6) is -1.49. The molecule has 6 atom stereocenters. The number of nitrogens with zero attached hydrogens (tertiary/aromatic N) is 3. The molecule has 2 N–H and O–H groups in total. The molecule has 3 rings (SSSR count). The van der Waals surface area contributed by atoms with Crippen LogP contribution in [0.2, 0.25) is 0 Å². The maximum Gasteiger partial charge on any atom is 0.303 e. The molecule has 10 nitrogen and oxygen atoms in total. The maximum atomic E-state index is 11.7. The Morgan fingerprint density at radius 3 is 2.65 bits per heavy atom. The molecule has 1 aromatic rings. The second kappa shape index (κ2) is 7.71. The van der Waals surface area contributed by atoms with Crippen molar-refractivity contribution >= 4 is 11.9 Å². The Hall–Kier alpha value is -2.65. The zero-order valence-electron chi connectivity index (χ0n) is 13.9. The molecule has 0 aliphatic carbocycles. The van der Waals surface area contributed by atoms with Gasteiger partial charge in [-0.25, -0.2) is 0 Å². The summed E-state index contributed by atoms with van der Waals surface area (Å²) in [6.07, 6.45) is -4.63. The van der Waals surface area contributed by atoms with Gasteiger partial charge in [-0.15, -0.1) is 0 Å². The molecule has 0 spiro atoms. The van der Waals surface area contributed by atoms with Crippen molar-refractivity contribution in [2.24, 2.45) is 10.8 Å². The molecule has 0 bridgehead atoms. The number of ether oxygens (including phenoxy) is 4. The van der Waals surface area contributed by atoms with Crippen molar-refractivity contribution in [3.63, 3.8) is 0 Å². The highest BCUT2D eigenvalue weighted by molar-refractivity contribution is 5.80. The number of amides is 1. The highest BCUT2D eigenvalue weighted by atomic mass is 16.7. The number of carbonyl (C=O) groups excluding carboxylic acids is 2. The van der Waals surface area contributed by atoms with Gasteiger partial charge in [-0.1, -0.05) is 35.4 Å². The topological polar surface area (TPSA) is 146 Å². The lowest BCUT2D eigenvalue weighted by molar-refractivity contribution is -0.303. The van der Waals surface area contributed by atoms with Gasteiger partial charge >= 0.3 is 5.97 Å². The van der Waals surface area contributed by atoms with Gasteiger partial charge in [0.2, 0.25) is 5.91 Å². The smallest absolute Gasteiger partial charge is 0.303 e. The first-order valence-electron chi connectivity index (χ1n) is 7.99. The molecule has 0 saturated carbocycles. The van der Waals surface area contributed by atoms with Gasteiger partial charge in [0.15, 0.2) is 12.4 Å². The Bertz CT molecular complexity index is 723. The summed E-state index contributed by atoms with van der Waals surface area (Å²) in [6, 6.07) is 8.19. The Morgan fingerprint density at radius 1 is 1.31 bits per heavy atom. The summed E-state index contributed by atoms with van der Waals surface area (Å²) in [5.41, 5.74) is 15.1. The van der Waals surface area contributed by atoms with Crippen LogP contribution in [0.15, 0.2) is 35.4 Å². The fourth-order valence-electron chi connectivity index (χ4n) is 3.12. The van der Waals surface area contributed by atoms with Crippen molar-refractivity contribution < 1.29 is 28.5 Å². The maximum absolute atomic E-state index is 11.7. The zero-order valence-corrected chi connectivity index (χ0v) is 13.9. The van der Waals surface area contributed by atoms with E-state index in [9.17, 15) is 9.59 Å². The summed E-state index contributed by atoms with van der Waals surface area (Å²) < 4.78 is 22.4. The summed E-state index contributed by atoms with van der Waals surface area (Å²) in [4.78, 5) is 26.0. The molecule has 1 amide bonds. The third kappa shape index (κ3) is 3.63. The van der Waals surface area contributed by atoms with Crippen molar-refractivity contribution in [1.82, 2.24) is 0 Å². The average molecular weight is 362 g/mol. The lowest BCUT2D eigenvalue weighted by Gasteiger charge is -2.47. The number of benzene rings is 1. The van der Waals surface area contributed by atoms with Crippen molar-refractivity contribution in [2.45, 2.75) is 43.7 Å². The van der Waals surface area contributed by atoms with Crippen molar-refractivity contribution in [2.75, 3.05) is 6.61 Å². The molecule has 2 saturated heterocycles. The van der Waals surface area contributed by atoms with Gasteiger partial charge in [0, 0.05) is 17.4 Å². The van der Waals surface area contributed by atoms with Crippen LogP contribution in [0.1, 0.15) is 18.8 Å². The van der Waals surface area contributed by atoms with Gasteiger partial charge in [-0.3, -0.25) is 9.59 Å². The highest BCUT2D eigenvalue weighted by Gasteiger charge is 2.52. The molecule has 0 aromatic heterocycles. The molecule has 10 heteroatoms. The van der Waals surface area contributed by atoms with Crippen molar-refractivity contribution in [3.8, 4) is 0 Å². The number of esters is 1. The number of azide groups is 1. The second-order valence-electron chi connectivity index (χ2n) is 5.94. The van der Waals surface area contributed by atoms with E-state index < -0.39 is 48.6 Å². The minimum atomic E-state index is -1.27. The fourth-order valence-corrected chi connectivity index (χ4v) is 3.12. The highest BCUT2D eigenvalue weighted by Crippen LogP contribution is 2.36. The number of carbonyl (C=O) groups is 2. The van der Waals surface area contributed by atoms with E-state index in [1.165, 1.54) is 6.92 Å². The van der Waals surface area contributed by atoms with Crippen LogP contribution in [0.25, 0.3) is 10.4 Å². The summed E-state index contributed by atoms with van der Waals surface area (Å²) in [7, 11) is 0. The molecular formula is C16H18N4O6. The largest absolute Gasteiger partial charge is 0.459 e. The van der Waals surface area contributed by atoms with E-state index in [0.717, 1.165) is 5.56 Å². The standard InChI is InChI=1S/C16H18N4O6/c1-8(21)24-13-11(19-20-18)12-10(25-14(13)15(17)22)7-23-16(26-12)9-5-3-2-4-6-9/h2-6,10-14,16H,7H2,1H3,(H2,17,22)/t10-,11?,12+,13-,14-,16?/m1/s1. The SMILES string of the molecule is CC(=O)O[C@@H]1C(N=[N+]=[N-])[C@H]2OC(c3ccccc3)OC[C@H]2O[C@H]1C(N)=O. The van der Waals surface area contributed by atoms with E-state index in [1.54, 1.807) is 0 Å². The third-order valence-electron chi connectivity index (χ3n) is 4.19. The van der Waals surface area contributed by atoms with Gasteiger partial charge in [-0.05, 0) is 5.53 Å². The first-order chi connectivity index (χ1) is 12.5. The van der Waals surface area contributed by atoms with E-state index in [4.69, 9.17) is 30.2 Å². The van der Waals surface area contributed by atoms with Crippen LogP contribution in [0.5, 0.6) is 0 Å². The van der Waals surface area contributed by atoms with Gasteiger partial charge in [0.25, 0.3) is 0 Å². The Labute approximate surface area is 148 Å². The van der Waals surface area contributed by atoms with Gasteiger partial charge < -0.3 is 24.7 Å². The molecule has 2 aliphatic heterocycles. The van der Waals surface area contributed by atoms with E-state index in [2.05, 4.69) is 10.0 Å². The van der Waals surface area contributed by atoms with Crippen LogP contribution < -0.4 is 5.73 Å². The molecule has 0 radical (unpaired) electrons. The molecule has 2 unspecified atom stereocenters. The van der Waals surface area contributed by atoms with Crippen molar-refractivity contribution in [1.29, 1.82) is 0 Å². The van der Waals surface area contributed by atoms with Gasteiger partial charge in [0.1, 0.15) is 24.4 Å². The fraction of sp³-hybridized carbons (Fsp3) is 0.500. The molecule has 138 valence electrons. The number of rotatable bonds is 4. The van der Waals surface area contributed by atoms with Crippen LogP contribution >= 0.6 is 0 Å². The normalized spacial score (nSPS) is 33.4. The van der Waals surface area contributed by atoms with Gasteiger partial charge in [-0.2, -0.15) is 0 Å². The Balaban J connectivity index is 1.90. The molecular weight excluding hydrogens is 344 g/mol. The first kappa shape index (κ1) is 18.2. The number of fused-ring (bicyclic) bond motifs is 1. The van der Waals surface area contributed by atoms with Crippen LogP contribution in [-0.2, 0) is 28.5 Å². The predicted octanol–water partition coefficient (Wildman–Crippen LogP) is 0.964. The second-order valence-corrected chi connectivity index (χ2v) is 5.94. The van der Waals surface area contributed by atoms with Crippen LogP contribution in [0.3, 0.4) is 0 Å². The number of hydrogen-bond donors (Lipinski definition) is 1. The Kier molecular flexibility index (Phi) is 5.38. The van der Waals surface area contributed by atoms with Crippen LogP contribution in [0.4, 0.5) is 0 Å². The Morgan fingerprint density at radius 2 is 2.04 bits per heavy atom. The van der Waals surface area contributed by atoms with Crippen molar-refractivity contribution in [3.05, 3.63) is 46.3 Å². The minimum absolute atomic E-state index is 0.0955. The number of primary amides is 1. The molecule has 1 aromatic carbocycles. The summed E-state index contributed by atoms with van der Waals surface area (Å²) in [6.45, 7) is 1.27. The van der Waals surface area contributed by atoms with E-state index in [-0.39, 0.29) is 6.61 Å². The van der Waals surface area contributed by atoms with E-state index >= 15 is 0 Å². The number of hydrogen-bond acceptors (Lipinski definition) is 7. The molecule has 2 fully saturated rings. The monoisotopic (exact) mass is 362 g/mol. The molecule has 26 heavy (non-hydrogen) atoms. The van der Waals surface area contributed by atoms with Crippen LogP contribution in [-0.4, -0.2) is 48.9 Å². The molecule has 2 aliphatic rings. The summed E-state index contributed by atoms with van der Waals surface area (Å²) >= 11 is 0. The van der Waals surface area contributed by atoms with Gasteiger partial charge in [0.05, 0.1) is 6.61 Å². The number of nitrogens with two attached hydrogens (primary N) is 1. The lowest BCUT2D eigenvalue weighted by Crippen LogP contribution is -2.64.